The van der Waals surface area contributed by atoms with Gasteiger partial charge < -0.3 is 15.2 Å². The monoisotopic (exact) mass is 333 g/mol. The second-order valence-corrected chi connectivity index (χ2v) is 5.53. The summed E-state index contributed by atoms with van der Waals surface area (Å²) in [7, 11) is 1.34. The average Bonchev–Trinajstić information content (AvgIpc) is 2.67. The molecule has 3 aromatic rings. The molecule has 3 aromatic carbocycles. The lowest BCUT2D eigenvalue weighted by atomic mass is 9.99. The first kappa shape index (κ1) is 16.6. The normalized spacial score (nSPS) is 10.3. The molecule has 0 bridgehead atoms. The van der Waals surface area contributed by atoms with E-state index in [4.69, 9.17) is 15.2 Å². The van der Waals surface area contributed by atoms with Crippen LogP contribution in [0.3, 0.4) is 0 Å². The number of nitrogen functional groups attached to an aromatic ring is 1. The fourth-order valence-electron chi connectivity index (χ4n) is 2.64. The van der Waals surface area contributed by atoms with Crippen molar-refractivity contribution < 1.29 is 14.3 Å². The van der Waals surface area contributed by atoms with E-state index in [0.29, 0.717) is 23.6 Å². The molecule has 0 saturated carbocycles. The van der Waals surface area contributed by atoms with Gasteiger partial charge in [0.15, 0.2) is 0 Å². The average molecular weight is 333 g/mol. The van der Waals surface area contributed by atoms with Crippen LogP contribution in [0.5, 0.6) is 5.75 Å². The van der Waals surface area contributed by atoms with Crippen molar-refractivity contribution in [2.45, 2.75) is 6.61 Å². The molecule has 0 aliphatic heterocycles. The first-order valence-corrected chi connectivity index (χ1v) is 7.93. The Morgan fingerprint density at radius 1 is 0.880 bits per heavy atom. The van der Waals surface area contributed by atoms with Crippen LogP contribution in [-0.4, -0.2) is 13.1 Å². The van der Waals surface area contributed by atoms with E-state index in [2.05, 4.69) is 0 Å². The van der Waals surface area contributed by atoms with Gasteiger partial charge in [-0.2, -0.15) is 0 Å². The van der Waals surface area contributed by atoms with Gasteiger partial charge >= 0.3 is 5.97 Å². The Morgan fingerprint density at radius 3 is 2.32 bits per heavy atom. The third-order valence-electron chi connectivity index (χ3n) is 3.93. The maximum atomic E-state index is 11.9. The van der Waals surface area contributed by atoms with E-state index in [0.717, 1.165) is 16.7 Å². The fourth-order valence-corrected chi connectivity index (χ4v) is 2.64. The molecule has 0 amide bonds. The van der Waals surface area contributed by atoms with Crippen molar-refractivity contribution in [1.82, 2.24) is 0 Å². The number of anilines is 1. The number of esters is 1. The van der Waals surface area contributed by atoms with Crippen molar-refractivity contribution in [3.63, 3.8) is 0 Å². The molecule has 0 spiro atoms. The van der Waals surface area contributed by atoms with Crippen molar-refractivity contribution in [3.05, 3.63) is 83.9 Å². The molecule has 25 heavy (non-hydrogen) atoms. The Hall–Kier alpha value is -3.27. The smallest absolute Gasteiger partial charge is 0.339 e. The van der Waals surface area contributed by atoms with Crippen molar-refractivity contribution in [2.24, 2.45) is 0 Å². The molecular formula is C21H19NO3. The summed E-state index contributed by atoms with van der Waals surface area (Å²) in [6, 6.07) is 22.9. The zero-order valence-electron chi connectivity index (χ0n) is 13.9. The van der Waals surface area contributed by atoms with Crippen LogP contribution < -0.4 is 10.5 Å². The summed E-state index contributed by atoms with van der Waals surface area (Å²) in [5.74, 6) is 0.252. The van der Waals surface area contributed by atoms with Gasteiger partial charge in [-0.3, -0.25) is 0 Å². The van der Waals surface area contributed by atoms with Gasteiger partial charge in [-0.15, -0.1) is 0 Å². The van der Waals surface area contributed by atoms with Gasteiger partial charge in [-0.05, 0) is 17.7 Å². The number of para-hydroxylation sites is 2. The topological polar surface area (TPSA) is 61.5 Å². The molecule has 0 aliphatic carbocycles. The molecule has 0 aromatic heterocycles. The third kappa shape index (κ3) is 3.63. The fraction of sp³-hybridized carbons (Fsp3) is 0.0952. The van der Waals surface area contributed by atoms with Crippen molar-refractivity contribution in [1.29, 1.82) is 0 Å². The first-order valence-electron chi connectivity index (χ1n) is 7.93. The van der Waals surface area contributed by atoms with Crippen LogP contribution >= 0.6 is 0 Å². The van der Waals surface area contributed by atoms with Gasteiger partial charge in [0.25, 0.3) is 0 Å². The van der Waals surface area contributed by atoms with E-state index in [1.807, 2.05) is 60.7 Å². The van der Waals surface area contributed by atoms with Crippen LogP contribution in [0.1, 0.15) is 15.9 Å². The largest absolute Gasteiger partial charge is 0.488 e. The molecular weight excluding hydrogens is 314 g/mol. The van der Waals surface area contributed by atoms with Crippen molar-refractivity contribution in [2.75, 3.05) is 12.8 Å². The van der Waals surface area contributed by atoms with Gasteiger partial charge in [0.2, 0.25) is 0 Å². The number of rotatable bonds is 5. The second-order valence-electron chi connectivity index (χ2n) is 5.53. The summed E-state index contributed by atoms with van der Waals surface area (Å²) in [6.45, 7) is 0.453. The summed E-state index contributed by atoms with van der Waals surface area (Å²) >= 11 is 0. The van der Waals surface area contributed by atoms with E-state index in [9.17, 15) is 4.79 Å². The molecule has 0 atom stereocenters. The Morgan fingerprint density at radius 2 is 1.56 bits per heavy atom. The quantitative estimate of drug-likeness (QED) is 0.558. The number of benzene rings is 3. The number of carbonyl (C=O) groups excluding carboxylic acids is 1. The summed E-state index contributed by atoms with van der Waals surface area (Å²) in [4.78, 5) is 11.9. The number of hydrogen-bond acceptors (Lipinski definition) is 4. The predicted molar refractivity (Wildman–Crippen MR) is 98.4 cm³/mol. The molecule has 2 N–H and O–H groups in total. The standard InChI is InChI=1S/C21H19NO3/c1-24-21(23)18-12-7-11-17(20(18)22)16-10-5-6-13-19(16)25-14-15-8-3-2-4-9-15/h2-13H,14,22H2,1H3. The van der Waals surface area contributed by atoms with Crippen molar-refractivity contribution in [3.8, 4) is 16.9 Å². The van der Waals surface area contributed by atoms with E-state index < -0.39 is 5.97 Å². The summed E-state index contributed by atoms with van der Waals surface area (Å²) in [5, 5.41) is 0. The van der Waals surface area contributed by atoms with Gasteiger partial charge in [0, 0.05) is 11.1 Å². The zero-order chi connectivity index (χ0) is 17.6. The van der Waals surface area contributed by atoms with Crippen LogP contribution in [0.15, 0.2) is 72.8 Å². The number of carbonyl (C=O) groups is 1. The minimum absolute atomic E-state index is 0.345. The van der Waals surface area contributed by atoms with Gasteiger partial charge in [-0.1, -0.05) is 60.7 Å². The minimum atomic E-state index is -0.456. The Kier molecular flexibility index (Phi) is 5.00. The van der Waals surface area contributed by atoms with Gasteiger partial charge in [0.1, 0.15) is 12.4 Å². The molecule has 4 heteroatoms. The Balaban J connectivity index is 1.95. The Bertz CT molecular complexity index is 875. The molecule has 0 aliphatic rings. The molecule has 0 radical (unpaired) electrons. The van der Waals surface area contributed by atoms with Gasteiger partial charge in [0.05, 0.1) is 18.4 Å². The lowest BCUT2D eigenvalue weighted by Gasteiger charge is -2.14. The number of nitrogens with two attached hydrogens (primary N) is 1. The lowest BCUT2D eigenvalue weighted by molar-refractivity contribution is 0.0602. The van der Waals surface area contributed by atoms with E-state index in [1.165, 1.54) is 7.11 Å². The molecule has 0 heterocycles. The summed E-state index contributed by atoms with van der Waals surface area (Å²) in [6.07, 6.45) is 0. The number of hydrogen-bond donors (Lipinski definition) is 1. The molecule has 4 nitrogen and oxygen atoms in total. The zero-order valence-corrected chi connectivity index (χ0v) is 13.9. The number of ether oxygens (including phenoxy) is 2. The number of methoxy groups -OCH3 is 1. The third-order valence-corrected chi connectivity index (χ3v) is 3.93. The molecule has 126 valence electrons. The van der Waals surface area contributed by atoms with E-state index >= 15 is 0 Å². The lowest BCUT2D eigenvalue weighted by Crippen LogP contribution is -2.07. The highest BCUT2D eigenvalue weighted by atomic mass is 16.5. The molecule has 0 unspecified atom stereocenters. The SMILES string of the molecule is COC(=O)c1cccc(-c2ccccc2OCc2ccccc2)c1N. The van der Waals surface area contributed by atoms with Crippen LogP contribution in [0.25, 0.3) is 11.1 Å². The van der Waals surface area contributed by atoms with Crippen molar-refractivity contribution >= 4 is 11.7 Å². The van der Waals surface area contributed by atoms with E-state index in [1.54, 1.807) is 12.1 Å². The predicted octanol–water partition coefficient (Wildman–Crippen LogP) is 4.30. The summed E-state index contributed by atoms with van der Waals surface area (Å²) in [5.41, 5.74) is 9.59. The van der Waals surface area contributed by atoms with Gasteiger partial charge in [-0.25, -0.2) is 4.79 Å². The Labute approximate surface area is 146 Å². The molecule has 0 saturated heterocycles. The second kappa shape index (κ2) is 7.53. The van der Waals surface area contributed by atoms with E-state index in [-0.39, 0.29) is 0 Å². The molecule has 0 fully saturated rings. The molecule has 3 rings (SSSR count). The highest BCUT2D eigenvalue weighted by molar-refractivity contribution is 5.99. The maximum absolute atomic E-state index is 11.9. The highest BCUT2D eigenvalue weighted by Crippen LogP contribution is 2.35. The minimum Gasteiger partial charge on any atom is -0.488 e. The highest BCUT2D eigenvalue weighted by Gasteiger charge is 2.16. The van der Waals surface area contributed by atoms with Crippen LogP contribution in [-0.2, 0) is 11.3 Å². The van der Waals surface area contributed by atoms with Crippen LogP contribution in [0.2, 0.25) is 0 Å². The first-order chi connectivity index (χ1) is 12.2. The van der Waals surface area contributed by atoms with Crippen LogP contribution in [0, 0.1) is 0 Å². The van der Waals surface area contributed by atoms with Crippen LogP contribution in [0.4, 0.5) is 5.69 Å². The summed E-state index contributed by atoms with van der Waals surface area (Å²) < 4.78 is 10.8. The maximum Gasteiger partial charge on any atom is 0.339 e.